The fourth-order valence-electron chi connectivity index (χ4n) is 3.63. The van der Waals surface area contributed by atoms with Gasteiger partial charge in [-0.15, -0.1) is 22.7 Å². The molecule has 3 heterocycles. The van der Waals surface area contributed by atoms with Crippen LogP contribution in [0.5, 0.6) is 5.75 Å². The molecule has 5 rings (SSSR count). The first-order valence-electron chi connectivity index (χ1n) is 10.2. The van der Waals surface area contributed by atoms with E-state index in [1.807, 2.05) is 46.7 Å². The van der Waals surface area contributed by atoms with E-state index in [4.69, 9.17) is 9.72 Å². The molecule has 1 aliphatic rings. The van der Waals surface area contributed by atoms with E-state index in [9.17, 15) is 4.79 Å². The van der Waals surface area contributed by atoms with Gasteiger partial charge in [0.1, 0.15) is 17.4 Å². The summed E-state index contributed by atoms with van der Waals surface area (Å²) < 4.78 is 6.96. The van der Waals surface area contributed by atoms with Crippen molar-refractivity contribution >= 4 is 38.8 Å². The van der Waals surface area contributed by atoms with E-state index < -0.39 is 0 Å². The predicted molar refractivity (Wildman–Crippen MR) is 124 cm³/mol. The van der Waals surface area contributed by atoms with Crippen LogP contribution in [-0.4, -0.2) is 51.9 Å². The summed E-state index contributed by atoms with van der Waals surface area (Å²) in [5.74, 6) is 0.816. The Hall–Kier alpha value is -2.81. The zero-order valence-corrected chi connectivity index (χ0v) is 18.6. The van der Waals surface area contributed by atoms with Crippen molar-refractivity contribution in [3.05, 3.63) is 75.7 Å². The van der Waals surface area contributed by atoms with E-state index in [1.54, 1.807) is 28.2 Å². The molecule has 1 aliphatic heterocycles. The number of hydrogen-bond acceptors (Lipinski definition) is 7. The van der Waals surface area contributed by atoms with Gasteiger partial charge in [0.25, 0.3) is 5.91 Å². The summed E-state index contributed by atoms with van der Waals surface area (Å²) in [7, 11) is 0. The second kappa shape index (κ2) is 9.13. The Morgan fingerprint density at radius 1 is 1.03 bits per heavy atom. The Balaban J connectivity index is 1.13. The molecule has 31 heavy (non-hydrogen) atoms. The lowest BCUT2D eigenvalue weighted by atomic mass is 10.1. The number of carbonyl (C=O) groups is 1. The van der Waals surface area contributed by atoms with Crippen molar-refractivity contribution in [3.8, 4) is 5.75 Å². The topological polar surface area (TPSA) is 58.6 Å². The number of benzene rings is 2. The number of thiazole rings is 2. The molecule has 0 aliphatic carbocycles. The summed E-state index contributed by atoms with van der Waals surface area (Å²) in [4.78, 5) is 26.1. The van der Waals surface area contributed by atoms with Gasteiger partial charge >= 0.3 is 0 Å². The second-order valence-electron chi connectivity index (χ2n) is 7.44. The van der Waals surface area contributed by atoms with Crippen LogP contribution < -0.4 is 4.74 Å². The van der Waals surface area contributed by atoms with Crippen LogP contribution in [0.4, 0.5) is 0 Å². The van der Waals surface area contributed by atoms with E-state index in [0.29, 0.717) is 12.2 Å². The van der Waals surface area contributed by atoms with Gasteiger partial charge in [-0.1, -0.05) is 12.1 Å². The normalized spacial score (nSPS) is 14.8. The molecule has 2 aromatic carbocycles. The van der Waals surface area contributed by atoms with Gasteiger partial charge in [-0.25, -0.2) is 9.97 Å². The molecule has 0 N–H and O–H groups in total. The van der Waals surface area contributed by atoms with Crippen molar-refractivity contribution in [2.24, 2.45) is 0 Å². The maximum absolute atomic E-state index is 12.9. The number of para-hydroxylation sites is 1. The lowest BCUT2D eigenvalue weighted by molar-refractivity contribution is 0.0628. The van der Waals surface area contributed by atoms with E-state index >= 15 is 0 Å². The number of nitrogens with zero attached hydrogens (tertiary/aromatic N) is 4. The fraction of sp³-hybridized carbons (Fsp3) is 0.261. The third kappa shape index (κ3) is 4.76. The SMILES string of the molecule is O=C(c1ccc(OCc2cscn2)cc1)N1CCN(Cc2nc3ccccc3s2)CC1. The average Bonchev–Trinajstić information content (AvgIpc) is 3.47. The van der Waals surface area contributed by atoms with Crippen LogP contribution in [0.1, 0.15) is 21.1 Å². The highest BCUT2D eigenvalue weighted by atomic mass is 32.1. The summed E-state index contributed by atoms with van der Waals surface area (Å²) >= 11 is 3.30. The molecule has 1 fully saturated rings. The van der Waals surface area contributed by atoms with Gasteiger partial charge in [-0.05, 0) is 36.4 Å². The molecule has 158 valence electrons. The molecule has 0 bridgehead atoms. The van der Waals surface area contributed by atoms with Crippen molar-refractivity contribution in [1.29, 1.82) is 0 Å². The summed E-state index contributed by atoms with van der Waals surface area (Å²) in [6.07, 6.45) is 0. The molecule has 8 heteroatoms. The third-order valence-electron chi connectivity index (χ3n) is 5.33. The summed E-state index contributed by atoms with van der Waals surface area (Å²) in [6, 6.07) is 15.6. The number of aromatic nitrogens is 2. The van der Waals surface area contributed by atoms with Gasteiger partial charge < -0.3 is 9.64 Å². The number of amides is 1. The van der Waals surface area contributed by atoms with Gasteiger partial charge in [0, 0.05) is 37.1 Å². The molecule has 0 radical (unpaired) electrons. The molecular formula is C23H22N4O2S2. The van der Waals surface area contributed by atoms with Gasteiger partial charge in [0.2, 0.25) is 0 Å². The van der Waals surface area contributed by atoms with Gasteiger partial charge in [0.05, 0.1) is 28.0 Å². The molecule has 0 spiro atoms. The highest BCUT2D eigenvalue weighted by molar-refractivity contribution is 7.18. The minimum atomic E-state index is 0.0747. The standard InChI is InChI=1S/C23H22N4O2S2/c28-23(17-5-7-19(8-6-17)29-14-18-15-30-16-24-18)27-11-9-26(10-12-27)13-22-25-20-3-1-2-4-21(20)31-22/h1-8,15-16H,9-14H2. The van der Waals surface area contributed by atoms with Gasteiger partial charge in [0.15, 0.2) is 0 Å². The molecule has 0 saturated carbocycles. The lowest BCUT2D eigenvalue weighted by Crippen LogP contribution is -2.48. The average molecular weight is 451 g/mol. The summed E-state index contributed by atoms with van der Waals surface area (Å²) in [5, 5.41) is 3.10. The fourth-order valence-corrected chi connectivity index (χ4v) is 5.18. The Morgan fingerprint density at radius 2 is 1.84 bits per heavy atom. The molecule has 0 atom stereocenters. The number of piperazine rings is 1. The largest absolute Gasteiger partial charge is 0.487 e. The van der Waals surface area contributed by atoms with Crippen LogP contribution in [0, 0.1) is 0 Å². The summed E-state index contributed by atoms with van der Waals surface area (Å²) in [6.45, 7) is 4.45. The van der Waals surface area contributed by atoms with Crippen molar-refractivity contribution in [2.75, 3.05) is 26.2 Å². The lowest BCUT2D eigenvalue weighted by Gasteiger charge is -2.34. The molecule has 1 amide bonds. The first kappa shape index (κ1) is 20.1. The number of rotatable bonds is 6. The van der Waals surface area contributed by atoms with Crippen LogP contribution in [0.15, 0.2) is 59.4 Å². The Bertz CT molecular complexity index is 1120. The number of ether oxygens (including phenoxy) is 1. The minimum absolute atomic E-state index is 0.0747. The number of hydrogen-bond donors (Lipinski definition) is 0. The highest BCUT2D eigenvalue weighted by Gasteiger charge is 2.23. The zero-order valence-electron chi connectivity index (χ0n) is 16.9. The van der Waals surface area contributed by atoms with E-state index in [2.05, 4.69) is 22.0 Å². The Labute approximate surface area is 188 Å². The Kier molecular flexibility index (Phi) is 5.93. The molecule has 4 aromatic rings. The van der Waals surface area contributed by atoms with E-state index in [0.717, 1.165) is 54.7 Å². The molecule has 0 unspecified atom stereocenters. The van der Waals surface area contributed by atoms with Crippen molar-refractivity contribution in [3.63, 3.8) is 0 Å². The van der Waals surface area contributed by atoms with Crippen molar-refractivity contribution in [1.82, 2.24) is 19.8 Å². The third-order valence-corrected chi connectivity index (χ3v) is 6.98. The van der Waals surface area contributed by atoms with Crippen LogP contribution in [0.3, 0.4) is 0 Å². The number of carbonyl (C=O) groups excluding carboxylic acids is 1. The molecule has 1 saturated heterocycles. The zero-order chi connectivity index (χ0) is 21.0. The van der Waals surface area contributed by atoms with Crippen LogP contribution in [-0.2, 0) is 13.2 Å². The van der Waals surface area contributed by atoms with Gasteiger partial charge in [-0.3, -0.25) is 9.69 Å². The first-order valence-corrected chi connectivity index (χ1v) is 12.0. The molecule has 2 aromatic heterocycles. The van der Waals surface area contributed by atoms with Crippen LogP contribution in [0.25, 0.3) is 10.2 Å². The monoisotopic (exact) mass is 450 g/mol. The predicted octanol–water partition coefficient (Wildman–Crippen LogP) is 4.29. The maximum Gasteiger partial charge on any atom is 0.253 e. The van der Waals surface area contributed by atoms with E-state index in [-0.39, 0.29) is 5.91 Å². The van der Waals surface area contributed by atoms with Crippen LogP contribution >= 0.6 is 22.7 Å². The first-order chi connectivity index (χ1) is 15.2. The highest BCUT2D eigenvalue weighted by Crippen LogP contribution is 2.23. The second-order valence-corrected chi connectivity index (χ2v) is 9.27. The minimum Gasteiger partial charge on any atom is -0.487 e. The van der Waals surface area contributed by atoms with Crippen LogP contribution in [0.2, 0.25) is 0 Å². The van der Waals surface area contributed by atoms with Crippen molar-refractivity contribution in [2.45, 2.75) is 13.2 Å². The quantitative estimate of drug-likeness (QED) is 0.439. The Morgan fingerprint density at radius 3 is 2.58 bits per heavy atom. The maximum atomic E-state index is 12.9. The summed E-state index contributed by atoms with van der Waals surface area (Å²) in [5.41, 5.74) is 4.46. The molecule has 6 nitrogen and oxygen atoms in total. The molecular weight excluding hydrogens is 428 g/mol. The van der Waals surface area contributed by atoms with Gasteiger partial charge in [-0.2, -0.15) is 0 Å². The van der Waals surface area contributed by atoms with Crippen molar-refractivity contribution < 1.29 is 9.53 Å². The number of fused-ring (bicyclic) bond motifs is 1. The smallest absolute Gasteiger partial charge is 0.253 e. The van der Waals surface area contributed by atoms with E-state index in [1.165, 1.54) is 4.70 Å².